The minimum atomic E-state index is -0.990. The Hall–Kier alpha value is -4.08. The van der Waals surface area contributed by atoms with Gasteiger partial charge in [-0.15, -0.1) is 0 Å². The number of nitrogens with zero attached hydrogens (tertiary/aromatic N) is 2. The van der Waals surface area contributed by atoms with E-state index in [2.05, 4.69) is 22.8 Å². The number of aryl methyl sites for hydroxylation is 1. The van der Waals surface area contributed by atoms with Crippen molar-refractivity contribution in [3.8, 4) is 5.75 Å². The summed E-state index contributed by atoms with van der Waals surface area (Å²) in [5.74, 6) is -0.996. The lowest BCUT2D eigenvalue weighted by atomic mass is 9.87. The van der Waals surface area contributed by atoms with Crippen LogP contribution in [-0.4, -0.2) is 76.0 Å². The predicted octanol–water partition coefficient (Wildman–Crippen LogP) is 3.86. The van der Waals surface area contributed by atoms with Crippen molar-refractivity contribution in [2.24, 2.45) is 0 Å². The van der Waals surface area contributed by atoms with Crippen molar-refractivity contribution >= 4 is 23.8 Å². The van der Waals surface area contributed by atoms with Crippen LogP contribution in [-0.2, 0) is 32.0 Å². The van der Waals surface area contributed by atoms with Crippen LogP contribution in [0.3, 0.4) is 0 Å². The molecule has 10 heteroatoms. The van der Waals surface area contributed by atoms with Crippen LogP contribution in [0.25, 0.3) is 0 Å². The molecule has 4 amide bonds. The molecule has 1 aliphatic heterocycles. The third kappa shape index (κ3) is 8.06. The van der Waals surface area contributed by atoms with Gasteiger partial charge in [-0.2, -0.15) is 0 Å². The Balaban J connectivity index is 1.50. The average Bonchev–Trinajstić information content (AvgIpc) is 3.46. The number of carbonyl (C=O) groups excluding carboxylic acids is 4. The van der Waals surface area contributed by atoms with Gasteiger partial charge in [-0.3, -0.25) is 19.3 Å². The van der Waals surface area contributed by atoms with E-state index in [1.165, 1.54) is 29.6 Å². The number of likely N-dealkylation sites (N-methyl/N-ethyl adjacent to an activating group) is 1. The Labute approximate surface area is 253 Å². The van der Waals surface area contributed by atoms with Gasteiger partial charge in [-0.1, -0.05) is 36.4 Å². The third-order valence-corrected chi connectivity index (χ3v) is 8.16. The predicted molar refractivity (Wildman–Crippen MR) is 162 cm³/mol. The summed E-state index contributed by atoms with van der Waals surface area (Å²) in [6.07, 6.45) is 3.49. The topological polar surface area (TPSA) is 128 Å². The number of carbonyl (C=O) groups is 4. The zero-order chi connectivity index (χ0) is 31.3. The number of nitrogens with one attached hydrogen (secondary N) is 2. The monoisotopic (exact) mass is 592 g/mol. The fourth-order valence-corrected chi connectivity index (χ4v) is 5.70. The first-order chi connectivity index (χ1) is 20.3. The van der Waals surface area contributed by atoms with E-state index in [0.717, 1.165) is 30.4 Å². The van der Waals surface area contributed by atoms with Gasteiger partial charge in [0.1, 0.15) is 29.5 Å². The quantitative estimate of drug-likeness (QED) is 0.427. The number of phenolic OH excluding ortho intramolecular Hbond substituents is 1. The first kappa shape index (κ1) is 31.8. The summed E-state index contributed by atoms with van der Waals surface area (Å²) in [7, 11) is 1.47. The van der Waals surface area contributed by atoms with Crippen LogP contribution in [0.5, 0.6) is 5.75 Å². The molecule has 0 aromatic heterocycles. The Morgan fingerprint density at radius 2 is 1.74 bits per heavy atom. The van der Waals surface area contributed by atoms with E-state index < -0.39 is 35.7 Å². The SMILES string of the molecule is C[C@@H](C(=O)N[C@@H](Cc1ccc(O)cc1)C(=O)N1CCCC1C(=O)N[C@@H]1CCCc2ccccc21)N(C)C(=O)OC(C)(C)C. The van der Waals surface area contributed by atoms with Crippen molar-refractivity contribution in [1.82, 2.24) is 20.4 Å². The van der Waals surface area contributed by atoms with Crippen molar-refractivity contribution in [2.45, 2.75) is 96.0 Å². The molecule has 2 aliphatic rings. The van der Waals surface area contributed by atoms with Crippen molar-refractivity contribution in [1.29, 1.82) is 0 Å². The normalized spacial score (nSPS) is 19.5. The number of likely N-dealkylation sites (tertiary alicyclic amines) is 1. The molecule has 2 aromatic rings. The second-order valence-electron chi connectivity index (χ2n) is 12.5. The molecule has 10 nitrogen and oxygen atoms in total. The Kier molecular flexibility index (Phi) is 9.98. The summed E-state index contributed by atoms with van der Waals surface area (Å²) in [5.41, 5.74) is 2.35. The van der Waals surface area contributed by atoms with Crippen LogP contribution in [0.4, 0.5) is 4.79 Å². The van der Waals surface area contributed by atoms with Gasteiger partial charge >= 0.3 is 6.09 Å². The molecule has 1 aliphatic carbocycles. The fourth-order valence-electron chi connectivity index (χ4n) is 5.70. The van der Waals surface area contributed by atoms with Gasteiger partial charge in [0.05, 0.1) is 6.04 Å². The number of amides is 4. The van der Waals surface area contributed by atoms with Crippen LogP contribution in [0.15, 0.2) is 48.5 Å². The molecule has 0 bridgehead atoms. The van der Waals surface area contributed by atoms with Gasteiger partial charge in [0.25, 0.3) is 0 Å². The summed E-state index contributed by atoms with van der Waals surface area (Å²) >= 11 is 0. The molecule has 0 radical (unpaired) electrons. The van der Waals surface area contributed by atoms with Gasteiger partial charge in [-0.05, 0) is 88.6 Å². The van der Waals surface area contributed by atoms with Crippen molar-refractivity contribution < 1.29 is 29.0 Å². The highest BCUT2D eigenvalue weighted by molar-refractivity contribution is 5.94. The number of benzene rings is 2. The summed E-state index contributed by atoms with van der Waals surface area (Å²) in [6.45, 7) is 7.19. The molecule has 232 valence electrons. The first-order valence-corrected chi connectivity index (χ1v) is 15.1. The first-order valence-electron chi connectivity index (χ1n) is 15.1. The zero-order valence-corrected chi connectivity index (χ0v) is 25.8. The molecule has 1 saturated heterocycles. The van der Waals surface area contributed by atoms with Gasteiger partial charge in [0.15, 0.2) is 0 Å². The molecule has 1 heterocycles. The standard InChI is InChI=1S/C33H44N4O6/c1-21(36(5)32(42)43-33(2,3)4)29(39)35-27(20-22-15-17-24(38)18-16-22)31(41)37-19-9-14-28(37)30(40)34-26-13-8-11-23-10-6-7-12-25(23)26/h6-7,10,12,15-18,21,26-28,38H,8-9,11,13-14,19-20H2,1-5H3,(H,34,40)(H,35,39)/t21-,26+,27-,28?/m0/s1. The highest BCUT2D eigenvalue weighted by Crippen LogP contribution is 2.30. The van der Waals surface area contributed by atoms with E-state index in [9.17, 15) is 24.3 Å². The maximum Gasteiger partial charge on any atom is 0.410 e. The molecule has 1 fully saturated rings. The lowest BCUT2D eigenvalue weighted by Gasteiger charge is -2.33. The number of rotatable bonds is 8. The Bertz CT molecular complexity index is 1320. The van der Waals surface area contributed by atoms with E-state index in [0.29, 0.717) is 19.4 Å². The Morgan fingerprint density at radius 1 is 1.05 bits per heavy atom. The number of hydrogen-bond acceptors (Lipinski definition) is 6. The number of hydrogen-bond donors (Lipinski definition) is 3. The van der Waals surface area contributed by atoms with E-state index in [1.807, 2.05) is 12.1 Å². The van der Waals surface area contributed by atoms with Gasteiger partial charge in [-0.25, -0.2) is 4.79 Å². The second-order valence-corrected chi connectivity index (χ2v) is 12.5. The largest absolute Gasteiger partial charge is 0.508 e. The van der Waals surface area contributed by atoms with E-state index >= 15 is 0 Å². The van der Waals surface area contributed by atoms with Crippen molar-refractivity contribution in [3.05, 3.63) is 65.2 Å². The van der Waals surface area contributed by atoms with Gasteiger partial charge in [0.2, 0.25) is 17.7 Å². The summed E-state index contributed by atoms with van der Waals surface area (Å²) in [5, 5.41) is 15.8. The van der Waals surface area contributed by atoms with Gasteiger partial charge < -0.3 is 25.4 Å². The van der Waals surface area contributed by atoms with Crippen molar-refractivity contribution in [3.63, 3.8) is 0 Å². The third-order valence-electron chi connectivity index (χ3n) is 8.16. The maximum absolute atomic E-state index is 14.0. The molecule has 4 atom stereocenters. The van der Waals surface area contributed by atoms with E-state index in [-0.39, 0.29) is 30.0 Å². The minimum absolute atomic E-state index is 0.0869. The zero-order valence-electron chi connectivity index (χ0n) is 25.8. The van der Waals surface area contributed by atoms with Crippen LogP contribution in [0.1, 0.15) is 76.1 Å². The number of ether oxygens (including phenoxy) is 1. The summed E-state index contributed by atoms with van der Waals surface area (Å²) in [6, 6.07) is 11.9. The molecule has 3 N–H and O–H groups in total. The minimum Gasteiger partial charge on any atom is -0.508 e. The smallest absolute Gasteiger partial charge is 0.410 e. The molecule has 0 saturated carbocycles. The van der Waals surface area contributed by atoms with E-state index in [4.69, 9.17) is 4.74 Å². The van der Waals surface area contributed by atoms with Crippen LogP contribution < -0.4 is 10.6 Å². The maximum atomic E-state index is 14.0. The number of aromatic hydroxyl groups is 1. The fraction of sp³-hybridized carbons (Fsp3) is 0.515. The average molecular weight is 593 g/mol. The molecule has 43 heavy (non-hydrogen) atoms. The summed E-state index contributed by atoms with van der Waals surface area (Å²) < 4.78 is 5.40. The number of fused-ring (bicyclic) bond motifs is 1. The lowest BCUT2D eigenvalue weighted by Crippen LogP contribution is -2.57. The highest BCUT2D eigenvalue weighted by atomic mass is 16.6. The number of phenols is 1. The molecular formula is C33H44N4O6. The summed E-state index contributed by atoms with van der Waals surface area (Å²) in [4.78, 5) is 56.4. The molecule has 2 aromatic carbocycles. The molecular weight excluding hydrogens is 548 g/mol. The van der Waals surface area contributed by atoms with E-state index in [1.54, 1.807) is 44.7 Å². The van der Waals surface area contributed by atoms with Crippen LogP contribution in [0, 0.1) is 0 Å². The van der Waals surface area contributed by atoms with Gasteiger partial charge in [0, 0.05) is 20.0 Å². The molecule has 0 spiro atoms. The van der Waals surface area contributed by atoms with Crippen molar-refractivity contribution in [2.75, 3.05) is 13.6 Å². The lowest BCUT2D eigenvalue weighted by molar-refractivity contribution is -0.142. The molecule has 1 unspecified atom stereocenters. The van der Waals surface area contributed by atoms with Crippen LogP contribution >= 0.6 is 0 Å². The molecule has 4 rings (SSSR count). The second kappa shape index (κ2) is 13.5. The Morgan fingerprint density at radius 3 is 2.44 bits per heavy atom. The van der Waals surface area contributed by atoms with Crippen LogP contribution in [0.2, 0.25) is 0 Å². The highest BCUT2D eigenvalue weighted by Gasteiger charge is 2.39.